The Bertz CT molecular complexity index is 812. The monoisotopic (exact) mass is 389 g/mol. The summed E-state index contributed by atoms with van der Waals surface area (Å²) in [6, 6.07) is 14.3. The summed E-state index contributed by atoms with van der Waals surface area (Å²) in [7, 11) is 0. The maximum absolute atomic E-state index is 12.1. The van der Waals surface area contributed by atoms with Crippen LogP contribution in [-0.2, 0) is 4.79 Å². The van der Waals surface area contributed by atoms with Crippen LogP contribution in [0.1, 0.15) is 5.56 Å². The van der Waals surface area contributed by atoms with E-state index in [9.17, 15) is 4.79 Å². The van der Waals surface area contributed by atoms with Gasteiger partial charge in [-0.2, -0.15) is 5.26 Å². The fourth-order valence-corrected chi connectivity index (χ4v) is 2.24. The molecule has 0 aliphatic rings. The van der Waals surface area contributed by atoms with Gasteiger partial charge in [0, 0.05) is 27.1 Å². The molecule has 4 nitrogen and oxygen atoms in total. The minimum absolute atomic E-state index is 0.0365. The second kappa shape index (κ2) is 7.82. The van der Waals surface area contributed by atoms with Crippen molar-refractivity contribution in [2.45, 2.75) is 6.92 Å². The number of benzene rings is 2. The van der Waals surface area contributed by atoms with Crippen LogP contribution in [0.5, 0.6) is 0 Å². The number of rotatable bonds is 4. The van der Waals surface area contributed by atoms with Gasteiger partial charge in [0.15, 0.2) is 0 Å². The van der Waals surface area contributed by atoms with Crippen LogP contribution in [0.3, 0.4) is 0 Å². The van der Waals surface area contributed by atoms with E-state index in [-0.39, 0.29) is 5.57 Å². The lowest BCUT2D eigenvalue weighted by molar-refractivity contribution is -0.112. The van der Waals surface area contributed by atoms with Gasteiger partial charge in [-0.25, -0.2) is 0 Å². The summed E-state index contributed by atoms with van der Waals surface area (Å²) in [5.74, 6) is -0.504. The van der Waals surface area contributed by atoms with E-state index in [1.54, 1.807) is 24.3 Å². The molecule has 2 N–H and O–H groups in total. The van der Waals surface area contributed by atoms with E-state index in [0.717, 1.165) is 15.7 Å². The third-order valence-corrected chi connectivity index (χ3v) is 4.11. The average Bonchev–Trinajstić information content (AvgIpc) is 2.51. The fourth-order valence-electron chi connectivity index (χ4n) is 1.80. The molecule has 0 atom stereocenters. The Kier molecular flexibility index (Phi) is 5.80. The zero-order valence-corrected chi connectivity index (χ0v) is 14.6. The molecule has 0 bridgehead atoms. The predicted molar refractivity (Wildman–Crippen MR) is 96.3 cm³/mol. The number of nitrogens with zero attached hydrogens (tertiary/aromatic N) is 1. The number of carbonyl (C=O) groups excluding carboxylic acids is 1. The molecular weight excluding hydrogens is 378 g/mol. The van der Waals surface area contributed by atoms with E-state index in [1.807, 2.05) is 31.2 Å². The number of hydrogen-bond acceptors (Lipinski definition) is 3. The van der Waals surface area contributed by atoms with Gasteiger partial charge in [0.25, 0.3) is 5.91 Å². The number of nitrogens with one attached hydrogen (secondary N) is 2. The zero-order chi connectivity index (χ0) is 16.8. The topological polar surface area (TPSA) is 64.9 Å². The molecule has 0 aliphatic carbocycles. The van der Waals surface area contributed by atoms with Crippen LogP contribution in [0.15, 0.2) is 58.7 Å². The lowest BCUT2D eigenvalue weighted by Crippen LogP contribution is -2.14. The summed E-state index contributed by atoms with van der Waals surface area (Å²) in [4.78, 5) is 12.1. The number of anilines is 2. The summed E-state index contributed by atoms with van der Waals surface area (Å²) >= 11 is 9.28. The molecule has 0 radical (unpaired) electrons. The SMILES string of the molecule is Cc1cc(N/C=C(/C#N)C(=O)Nc2cccc(Cl)c2)ccc1Br. The van der Waals surface area contributed by atoms with Crippen molar-refractivity contribution < 1.29 is 4.79 Å². The van der Waals surface area contributed by atoms with Gasteiger partial charge in [-0.05, 0) is 48.9 Å². The number of aryl methyl sites for hydroxylation is 1. The number of nitriles is 1. The Balaban J connectivity index is 2.10. The standard InChI is InChI=1S/C17H13BrClN3O/c1-11-7-14(5-6-16(11)18)21-10-12(9-20)17(23)22-15-4-2-3-13(19)8-15/h2-8,10,21H,1H3,(H,22,23)/b12-10-. The third-order valence-electron chi connectivity index (χ3n) is 2.99. The number of amides is 1. The highest BCUT2D eigenvalue weighted by molar-refractivity contribution is 9.10. The van der Waals surface area contributed by atoms with Gasteiger partial charge in [-0.1, -0.05) is 33.6 Å². The first-order chi connectivity index (χ1) is 11.0. The molecule has 6 heteroatoms. The molecule has 0 saturated heterocycles. The van der Waals surface area contributed by atoms with Crippen molar-refractivity contribution in [3.05, 3.63) is 69.3 Å². The van der Waals surface area contributed by atoms with Crippen molar-refractivity contribution in [2.75, 3.05) is 10.6 Å². The maximum atomic E-state index is 12.1. The molecule has 0 spiro atoms. The second-order valence-corrected chi connectivity index (χ2v) is 6.03. The van der Waals surface area contributed by atoms with Crippen molar-refractivity contribution in [3.8, 4) is 6.07 Å². The molecule has 0 saturated carbocycles. The highest BCUT2D eigenvalue weighted by Gasteiger charge is 2.09. The van der Waals surface area contributed by atoms with Gasteiger partial charge in [0.1, 0.15) is 11.6 Å². The first-order valence-electron chi connectivity index (χ1n) is 6.69. The zero-order valence-electron chi connectivity index (χ0n) is 12.2. The van der Waals surface area contributed by atoms with Crippen molar-refractivity contribution in [1.29, 1.82) is 5.26 Å². The fraction of sp³-hybridized carbons (Fsp3) is 0.0588. The molecule has 2 aromatic rings. The smallest absolute Gasteiger partial charge is 0.267 e. The van der Waals surface area contributed by atoms with E-state index in [4.69, 9.17) is 16.9 Å². The molecule has 2 aromatic carbocycles. The van der Waals surface area contributed by atoms with Crippen molar-refractivity contribution in [3.63, 3.8) is 0 Å². The minimum atomic E-state index is -0.504. The largest absolute Gasteiger partial charge is 0.360 e. The molecule has 0 fully saturated rings. The van der Waals surface area contributed by atoms with Gasteiger partial charge in [-0.3, -0.25) is 4.79 Å². The van der Waals surface area contributed by atoms with Crippen LogP contribution >= 0.6 is 27.5 Å². The van der Waals surface area contributed by atoms with Crippen molar-refractivity contribution in [2.24, 2.45) is 0 Å². The predicted octanol–water partition coefficient (Wildman–Crippen LogP) is 4.87. The van der Waals surface area contributed by atoms with Crippen LogP contribution < -0.4 is 10.6 Å². The Morgan fingerprint density at radius 3 is 2.70 bits per heavy atom. The Labute approximate surface area is 147 Å². The van der Waals surface area contributed by atoms with E-state index in [0.29, 0.717) is 10.7 Å². The van der Waals surface area contributed by atoms with Gasteiger partial charge in [-0.15, -0.1) is 0 Å². The Morgan fingerprint density at radius 2 is 2.04 bits per heavy atom. The Hall–Kier alpha value is -2.29. The molecule has 2 rings (SSSR count). The lowest BCUT2D eigenvalue weighted by atomic mass is 10.2. The van der Waals surface area contributed by atoms with Crippen LogP contribution in [0.4, 0.5) is 11.4 Å². The van der Waals surface area contributed by atoms with E-state index >= 15 is 0 Å². The molecule has 23 heavy (non-hydrogen) atoms. The van der Waals surface area contributed by atoms with E-state index < -0.39 is 5.91 Å². The molecule has 1 amide bonds. The summed E-state index contributed by atoms with van der Waals surface area (Å²) in [5.41, 5.74) is 2.33. The van der Waals surface area contributed by atoms with Crippen molar-refractivity contribution in [1.82, 2.24) is 0 Å². The number of carbonyl (C=O) groups is 1. The molecule has 0 aliphatic heterocycles. The van der Waals surface area contributed by atoms with E-state index in [1.165, 1.54) is 6.20 Å². The van der Waals surface area contributed by atoms with Gasteiger partial charge < -0.3 is 10.6 Å². The van der Waals surface area contributed by atoms with Crippen LogP contribution in [0, 0.1) is 18.3 Å². The molecular formula is C17H13BrClN3O. The highest BCUT2D eigenvalue weighted by atomic mass is 79.9. The highest BCUT2D eigenvalue weighted by Crippen LogP contribution is 2.20. The summed E-state index contributed by atoms with van der Waals surface area (Å²) < 4.78 is 0.992. The third kappa shape index (κ3) is 4.85. The van der Waals surface area contributed by atoms with Crippen molar-refractivity contribution >= 4 is 44.8 Å². The summed E-state index contributed by atoms with van der Waals surface area (Å²) in [5, 5.41) is 15.2. The van der Waals surface area contributed by atoms with Gasteiger partial charge in [0.2, 0.25) is 0 Å². The van der Waals surface area contributed by atoms with Crippen LogP contribution in [-0.4, -0.2) is 5.91 Å². The summed E-state index contributed by atoms with van der Waals surface area (Å²) in [6.45, 7) is 1.95. The molecule has 0 aromatic heterocycles. The van der Waals surface area contributed by atoms with E-state index in [2.05, 4.69) is 26.6 Å². The number of hydrogen-bond donors (Lipinski definition) is 2. The van der Waals surface area contributed by atoms with Crippen LogP contribution in [0.25, 0.3) is 0 Å². The minimum Gasteiger partial charge on any atom is -0.360 e. The molecule has 116 valence electrons. The number of halogens is 2. The summed E-state index contributed by atoms with van der Waals surface area (Å²) in [6.07, 6.45) is 1.38. The molecule has 0 heterocycles. The average molecular weight is 391 g/mol. The van der Waals surface area contributed by atoms with Gasteiger partial charge >= 0.3 is 0 Å². The normalized spacial score (nSPS) is 10.8. The van der Waals surface area contributed by atoms with Gasteiger partial charge in [0.05, 0.1) is 0 Å². The lowest BCUT2D eigenvalue weighted by Gasteiger charge is -2.06. The van der Waals surface area contributed by atoms with Crippen LogP contribution in [0.2, 0.25) is 5.02 Å². The first-order valence-corrected chi connectivity index (χ1v) is 7.86. The maximum Gasteiger partial charge on any atom is 0.267 e. The Morgan fingerprint density at radius 1 is 1.26 bits per heavy atom. The quantitative estimate of drug-likeness (QED) is 0.578. The first kappa shape index (κ1) is 17.1. The second-order valence-electron chi connectivity index (χ2n) is 4.74. The molecule has 0 unspecified atom stereocenters.